The molecule has 0 aliphatic heterocycles. The summed E-state index contributed by atoms with van der Waals surface area (Å²) < 4.78 is 19.8. The fraction of sp³-hybridized carbons (Fsp3) is 0.182. The van der Waals surface area contributed by atoms with E-state index in [0.29, 0.717) is 10.9 Å². The van der Waals surface area contributed by atoms with Crippen LogP contribution < -0.4 is 4.74 Å². The molecule has 4 nitrogen and oxygen atoms in total. The second kappa shape index (κ2) is 3.52. The maximum absolute atomic E-state index is 13.4. The van der Waals surface area contributed by atoms with E-state index in [4.69, 9.17) is 9.84 Å². The van der Waals surface area contributed by atoms with Crippen LogP contribution in [0.15, 0.2) is 18.3 Å². The fourth-order valence-corrected chi connectivity index (χ4v) is 1.71. The lowest BCUT2D eigenvalue weighted by molar-refractivity contribution is 0.0699. The Hall–Kier alpha value is -2.04. The van der Waals surface area contributed by atoms with Gasteiger partial charge in [0.05, 0.1) is 18.2 Å². The second-order valence-electron chi connectivity index (χ2n) is 3.46. The third-order valence-electron chi connectivity index (χ3n) is 2.49. The molecule has 5 heteroatoms. The number of carboxylic acid groups (broad SMARTS) is 1. The Morgan fingerprint density at radius 1 is 1.50 bits per heavy atom. The van der Waals surface area contributed by atoms with Gasteiger partial charge in [0.2, 0.25) is 0 Å². The van der Waals surface area contributed by atoms with Gasteiger partial charge in [0, 0.05) is 24.7 Å². The Labute approximate surface area is 90.9 Å². The summed E-state index contributed by atoms with van der Waals surface area (Å²) in [5, 5.41) is 9.45. The Balaban J connectivity index is 2.83. The van der Waals surface area contributed by atoms with Crippen molar-refractivity contribution in [1.82, 2.24) is 4.57 Å². The van der Waals surface area contributed by atoms with Crippen molar-refractivity contribution in [2.24, 2.45) is 7.05 Å². The van der Waals surface area contributed by atoms with Gasteiger partial charge in [-0.3, -0.25) is 0 Å². The summed E-state index contributed by atoms with van der Waals surface area (Å²) in [4.78, 5) is 11.0. The largest absolute Gasteiger partial charge is 0.494 e. The number of aromatic nitrogens is 1. The molecule has 1 aromatic carbocycles. The summed E-state index contributed by atoms with van der Waals surface area (Å²) in [5.74, 6) is -1.51. The number of ether oxygens (including phenoxy) is 1. The van der Waals surface area contributed by atoms with E-state index < -0.39 is 11.8 Å². The van der Waals surface area contributed by atoms with Crippen molar-refractivity contribution in [2.75, 3.05) is 7.11 Å². The molecule has 84 valence electrons. The third kappa shape index (κ3) is 1.41. The number of carbonyl (C=O) groups is 1. The van der Waals surface area contributed by atoms with E-state index in [-0.39, 0.29) is 11.3 Å². The molecule has 0 aliphatic carbocycles. The molecule has 0 amide bonds. The monoisotopic (exact) mass is 223 g/mol. The third-order valence-corrected chi connectivity index (χ3v) is 2.49. The molecule has 16 heavy (non-hydrogen) atoms. The van der Waals surface area contributed by atoms with E-state index in [9.17, 15) is 9.18 Å². The van der Waals surface area contributed by atoms with Crippen molar-refractivity contribution in [2.45, 2.75) is 0 Å². The summed E-state index contributed by atoms with van der Waals surface area (Å²) in [7, 11) is 3.01. The minimum Gasteiger partial charge on any atom is -0.494 e. The van der Waals surface area contributed by atoms with Crippen LogP contribution in [0.25, 0.3) is 10.9 Å². The first-order chi connectivity index (χ1) is 7.54. The highest BCUT2D eigenvalue weighted by molar-refractivity contribution is 6.03. The van der Waals surface area contributed by atoms with Gasteiger partial charge in [0.25, 0.3) is 0 Å². The van der Waals surface area contributed by atoms with Crippen LogP contribution in [0.4, 0.5) is 4.39 Å². The number of hydrogen-bond donors (Lipinski definition) is 1. The molecule has 0 unspecified atom stereocenters. The average Bonchev–Trinajstić information content (AvgIpc) is 2.55. The zero-order chi connectivity index (χ0) is 11.9. The SMILES string of the molecule is COc1cc2c(C(=O)O)cn(C)c2cc1F. The lowest BCUT2D eigenvalue weighted by atomic mass is 10.1. The van der Waals surface area contributed by atoms with Crippen molar-refractivity contribution < 1.29 is 19.0 Å². The number of methoxy groups -OCH3 is 1. The van der Waals surface area contributed by atoms with Crippen LogP contribution in [0.1, 0.15) is 10.4 Å². The van der Waals surface area contributed by atoms with Crippen LogP contribution in [0.5, 0.6) is 5.75 Å². The van der Waals surface area contributed by atoms with Gasteiger partial charge in [0.1, 0.15) is 0 Å². The Morgan fingerprint density at radius 2 is 2.19 bits per heavy atom. The number of carboxylic acids is 1. The van der Waals surface area contributed by atoms with Gasteiger partial charge >= 0.3 is 5.97 Å². The molecule has 2 rings (SSSR count). The molecule has 1 N–H and O–H groups in total. The molecular formula is C11H10FNO3. The fourth-order valence-electron chi connectivity index (χ4n) is 1.71. The normalized spacial score (nSPS) is 10.7. The average molecular weight is 223 g/mol. The molecule has 1 aromatic heterocycles. The van der Waals surface area contributed by atoms with Gasteiger partial charge in [0.15, 0.2) is 11.6 Å². The maximum Gasteiger partial charge on any atom is 0.337 e. The van der Waals surface area contributed by atoms with Crippen molar-refractivity contribution in [3.63, 3.8) is 0 Å². The minimum absolute atomic E-state index is 0.0428. The van der Waals surface area contributed by atoms with E-state index >= 15 is 0 Å². The summed E-state index contributed by atoms with van der Waals surface area (Å²) in [6, 6.07) is 2.66. The first kappa shape index (κ1) is 10.5. The van der Waals surface area contributed by atoms with Crippen LogP contribution in [0, 0.1) is 5.82 Å². The highest BCUT2D eigenvalue weighted by Gasteiger charge is 2.15. The van der Waals surface area contributed by atoms with Crippen LogP contribution in [-0.2, 0) is 7.05 Å². The number of nitrogens with zero attached hydrogens (tertiary/aromatic N) is 1. The highest BCUT2D eigenvalue weighted by atomic mass is 19.1. The summed E-state index contributed by atoms with van der Waals surface area (Å²) in [6.07, 6.45) is 1.45. The van der Waals surface area contributed by atoms with Gasteiger partial charge in [-0.1, -0.05) is 0 Å². The van der Waals surface area contributed by atoms with Gasteiger partial charge in [-0.2, -0.15) is 0 Å². The number of rotatable bonds is 2. The molecule has 0 spiro atoms. The van der Waals surface area contributed by atoms with Crippen LogP contribution in [-0.4, -0.2) is 22.8 Å². The molecule has 0 saturated heterocycles. The molecular weight excluding hydrogens is 213 g/mol. The summed E-state index contributed by atoms with van der Waals surface area (Å²) in [5.41, 5.74) is 0.659. The first-order valence-corrected chi connectivity index (χ1v) is 4.60. The van der Waals surface area contributed by atoms with Crippen molar-refractivity contribution >= 4 is 16.9 Å². The number of hydrogen-bond acceptors (Lipinski definition) is 2. The molecule has 0 bridgehead atoms. The van der Waals surface area contributed by atoms with Gasteiger partial charge < -0.3 is 14.4 Å². The molecule has 0 atom stereocenters. The Bertz CT molecular complexity index is 574. The quantitative estimate of drug-likeness (QED) is 0.847. The predicted octanol–water partition coefficient (Wildman–Crippen LogP) is 2.02. The predicted molar refractivity (Wildman–Crippen MR) is 56.4 cm³/mol. The van der Waals surface area contributed by atoms with E-state index in [1.165, 1.54) is 25.4 Å². The van der Waals surface area contributed by atoms with Gasteiger partial charge in [-0.15, -0.1) is 0 Å². The van der Waals surface area contributed by atoms with Crippen molar-refractivity contribution in [3.05, 3.63) is 29.7 Å². The number of halogens is 1. The summed E-state index contributed by atoms with van der Waals surface area (Å²) in [6.45, 7) is 0. The Morgan fingerprint density at radius 3 is 2.75 bits per heavy atom. The van der Waals surface area contributed by atoms with Gasteiger partial charge in [-0.25, -0.2) is 9.18 Å². The minimum atomic E-state index is -1.04. The lowest BCUT2D eigenvalue weighted by Crippen LogP contribution is -1.94. The first-order valence-electron chi connectivity index (χ1n) is 4.60. The molecule has 1 heterocycles. The molecule has 2 aromatic rings. The lowest BCUT2D eigenvalue weighted by Gasteiger charge is -2.03. The van der Waals surface area contributed by atoms with Gasteiger partial charge in [-0.05, 0) is 6.07 Å². The molecule has 0 aliphatic rings. The highest BCUT2D eigenvalue weighted by Crippen LogP contribution is 2.28. The van der Waals surface area contributed by atoms with E-state index in [2.05, 4.69) is 0 Å². The van der Waals surface area contributed by atoms with Crippen LogP contribution in [0.3, 0.4) is 0 Å². The molecule has 0 radical (unpaired) electrons. The number of benzene rings is 1. The number of aromatic carboxylic acids is 1. The number of fused-ring (bicyclic) bond motifs is 1. The molecule has 0 saturated carbocycles. The topological polar surface area (TPSA) is 51.5 Å². The maximum atomic E-state index is 13.4. The van der Waals surface area contributed by atoms with Crippen LogP contribution in [0.2, 0.25) is 0 Å². The molecule has 0 fully saturated rings. The van der Waals surface area contributed by atoms with E-state index in [1.807, 2.05) is 0 Å². The smallest absolute Gasteiger partial charge is 0.337 e. The number of aryl methyl sites for hydroxylation is 1. The van der Waals surface area contributed by atoms with E-state index in [1.54, 1.807) is 11.6 Å². The second-order valence-corrected chi connectivity index (χ2v) is 3.46. The summed E-state index contributed by atoms with van der Waals surface area (Å²) >= 11 is 0. The zero-order valence-electron chi connectivity index (χ0n) is 8.82. The Kier molecular flexibility index (Phi) is 2.30. The van der Waals surface area contributed by atoms with Crippen molar-refractivity contribution in [3.8, 4) is 5.75 Å². The van der Waals surface area contributed by atoms with Crippen LogP contribution >= 0.6 is 0 Å². The van der Waals surface area contributed by atoms with E-state index in [0.717, 1.165) is 0 Å². The van der Waals surface area contributed by atoms with Crippen molar-refractivity contribution in [1.29, 1.82) is 0 Å². The standard InChI is InChI=1S/C11H10FNO3/c1-13-5-7(11(14)15)6-3-10(16-2)8(12)4-9(6)13/h3-5H,1-2H3,(H,14,15). The zero-order valence-corrected chi connectivity index (χ0v) is 8.82.